The minimum atomic E-state index is 0.295. The van der Waals surface area contributed by atoms with Crippen molar-refractivity contribution < 1.29 is 14.6 Å². The van der Waals surface area contributed by atoms with Gasteiger partial charge in [-0.05, 0) is 6.07 Å². The number of fused-ring (bicyclic) bond motifs is 1. The number of ether oxygens (including phenoxy) is 2. The molecule has 1 aromatic rings. The fraction of sp³-hybridized carbons (Fsp3) is 0.538. The van der Waals surface area contributed by atoms with E-state index in [1.807, 2.05) is 12.1 Å². The van der Waals surface area contributed by atoms with Crippen molar-refractivity contribution in [2.45, 2.75) is 6.54 Å². The van der Waals surface area contributed by atoms with Gasteiger partial charge in [0, 0.05) is 37.7 Å². The maximum atomic E-state index is 8.99. The summed E-state index contributed by atoms with van der Waals surface area (Å²) < 4.78 is 11.2. The zero-order chi connectivity index (χ0) is 11.7. The highest BCUT2D eigenvalue weighted by Crippen LogP contribution is 2.35. The molecule has 1 saturated heterocycles. The van der Waals surface area contributed by atoms with Crippen LogP contribution in [0.2, 0.25) is 0 Å². The molecule has 3 rings (SSSR count). The molecule has 1 N–H and O–H groups in total. The monoisotopic (exact) mass is 235 g/mol. The highest BCUT2D eigenvalue weighted by atomic mass is 16.6. The molecule has 0 atom stereocenters. The number of likely N-dealkylation sites (tertiary alicyclic amines) is 1. The van der Waals surface area contributed by atoms with E-state index < -0.39 is 0 Å². The molecule has 0 spiro atoms. The number of hydrogen-bond donors (Lipinski definition) is 1. The molecule has 0 unspecified atom stereocenters. The van der Waals surface area contributed by atoms with E-state index >= 15 is 0 Å². The van der Waals surface area contributed by atoms with Crippen molar-refractivity contribution >= 4 is 0 Å². The van der Waals surface area contributed by atoms with Crippen LogP contribution in [0.15, 0.2) is 18.2 Å². The molecule has 0 radical (unpaired) electrons. The standard InChI is InChI=1S/C13H17NO3/c15-9-10-6-14(7-10)8-11-2-1-3-12-13(11)17-5-4-16-12/h1-3,10,15H,4-9H2. The summed E-state index contributed by atoms with van der Waals surface area (Å²) in [7, 11) is 0. The molecule has 4 heteroatoms. The molecular formula is C13H17NO3. The molecule has 1 fully saturated rings. The van der Waals surface area contributed by atoms with Gasteiger partial charge in [0.15, 0.2) is 11.5 Å². The number of para-hydroxylation sites is 1. The highest BCUT2D eigenvalue weighted by Gasteiger charge is 2.27. The van der Waals surface area contributed by atoms with E-state index in [9.17, 15) is 0 Å². The summed E-state index contributed by atoms with van der Waals surface area (Å²) >= 11 is 0. The minimum Gasteiger partial charge on any atom is -0.486 e. The van der Waals surface area contributed by atoms with E-state index in [0.29, 0.717) is 25.7 Å². The Hall–Kier alpha value is -1.26. The van der Waals surface area contributed by atoms with Crippen LogP contribution >= 0.6 is 0 Å². The van der Waals surface area contributed by atoms with Gasteiger partial charge in [0.25, 0.3) is 0 Å². The van der Waals surface area contributed by atoms with Crippen molar-refractivity contribution in [3.05, 3.63) is 23.8 Å². The van der Waals surface area contributed by atoms with Crippen molar-refractivity contribution in [2.75, 3.05) is 32.9 Å². The number of aliphatic hydroxyl groups excluding tert-OH is 1. The van der Waals surface area contributed by atoms with Gasteiger partial charge in [0.1, 0.15) is 13.2 Å². The minimum absolute atomic E-state index is 0.295. The lowest BCUT2D eigenvalue weighted by Gasteiger charge is -2.38. The number of aliphatic hydroxyl groups is 1. The third-order valence-electron chi connectivity index (χ3n) is 3.33. The van der Waals surface area contributed by atoms with Gasteiger partial charge in [0.2, 0.25) is 0 Å². The molecule has 4 nitrogen and oxygen atoms in total. The zero-order valence-electron chi connectivity index (χ0n) is 9.76. The second-order valence-electron chi connectivity index (χ2n) is 4.68. The molecule has 2 heterocycles. The van der Waals surface area contributed by atoms with Gasteiger partial charge in [-0.2, -0.15) is 0 Å². The van der Waals surface area contributed by atoms with Crippen LogP contribution in [-0.4, -0.2) is 42.9 Å². The van der Waals surface area contributed by atoms with Gasteiger partial charge >= 0.3 is 0 Å². The molecule has 2 aliphatic rings. The van der Waals surface area contributed by atoms with E-state index in [-0.39, 0.29) is 0 Å². The first-order valence-corrected chi connectivity index (χ1v) is 6.07. The van der Waals surface area contributed by atoms with E-state index in [1.54, 1.807) is 0 Å². The lowest BCUT2D eigenvalue weighted by atomic mass is 10.00. The maximum Gasteiger partial charge on any atom is 0.165 e. The van der Waals surface area contributed by atoms with Gasteiger partial charge in [-0.15, -0.1) is 0 Å². The fourth-order valence-corrected chi connectivity index (χ4v) is 2.42. The summed E-state index contributed by atoms with van der Waals surface area (Å²) in [6.45, 7) is 4.38. The first kappa shape index (κ1) is 10.9. The molecule has 17 heavy (non-hydrogen) atoms. The Labute approximate surface area is 101 Å². The lowest BCUT2D eigenvalue weighted by Crippen LogP contribution is -2.47. The number of benzene rings is 1. The molecule has 0 saturated carbocycles. The van der Waals surface area contributed by atoms with Crippen molar-refractivity contribution in [3.8, 4) is 11.5 Å². The van der Waals surface area contributed by atoms with Gasteiger partial charge in [-0.25, -0.2) is 0 Å². The Bertz CT molecular complexity index is 402. The van der Waals surface area contributed by atoms with E-state index in [2.05, 4.69) is 11.0 Å². The maximum absolute atomic E-state index is 8.99. The third-order valence-corrected chi connectivity index (χ3v) is 3.33. The molecule has 92 valence electrons. The normalized spacial score (nSPS) is 20.1. The van der Waals surface area contributed by atoms with Crippen LogP contribution in [0.5, 0.6) is 11.5 Å². The average Bonchev–Trinajstić information content (AvgIpc) is 2.33. The summed E-state index contributed by atoms with van der Waals surface area (Å²) in [4.78, 5) is 2.31. The summed E-state index contributed by atoms with van der Waals surface area (Å²) in [6.07, 6.45) is 0. The third kappa shape index (κ3) is 2.10. The molecule has 0 aliphatic carbocycles. The topological polar surface area (TPSA) is 41.9 Å². The Balaban J connectivity index is 1.71. The number of hydrogen-bond acceptors (Lipinski definition) is 4. The quantitative estimate of drug-likeness (QED) is 0.844. The summed E-state index contributed by atoms with van der Waals surface area (Å²) in [5.41, 5.74) is 1.18. The Morgan fingerprint density at radius 2 is 2.06 bits per heavy atom. The predicted octanol–water partition coefficient (Wildman–Crippen LogP) is 0.882. The average molecular weight is 235 g/mol. The number of nitrogens with zero attached hydrogens (tertiary/aromatic N) is 1. The van der Waals surface area contributed by atoms with E-state index in [4.69, 9.17) is 14.6 Å². The van der Waals surface area contributed by atoms with Gasteiger partial charge < -0.3 is 14.6 Å². The van der Waals surface area contributed by atoms with Crippen molar-refractivity contribution in [3.63, 3.8) is 0 Å². The summed E-state index contributed by atoms with van der Waals surface area (Å²) in [5.74, 6) is 2.20. The zero-order valence-corrected chi connectivity index (χ0v) is 9.76. The molecule has 0 amide bonds. The summed E-state index contributed by atoms with van der Waals surface area (Å²) in [6, 6.07) is 6.04. The Morgan fingerprint density at radius 1 is 1.24 bits per heavy atom. The molecule has 0 aromatic heterocycles. The first-order valence-electron chi connectivity index (χ1n) is 6.07. The van der Waals surface area contributed by atoms with Crippen LogP contribution in [0.25, 0.3) is 0 Å². The van der Waals surface area contributed by atoms with Gasteiger partial charge in [-0.3, -0.25) is 4.90 Å². The molecule has 2 aliphatic heterocycles. The molecule has 1 aromatic carbocycles. The summed E-state index contributed by atoms with van der Waals surface area (Å²) in [5, 5.41) is 8.99. The predicted molar refractivity (Wildman–Crippen MR) is 63.3 cm³/mol. The molecule has 0 bridgehead atoms. The SMILES string of the molecule is OCC1CN(Cc2cccc3c2OCCO3)C1. The highest BCUT2D eigenvalue weighted by molar-refractivity contribution is 5.47. The number of rotatable bonds is 3. The van der Waals surface area contributed by atoms with Crippen molar-refractivity contribution in [2.24, 2.45) is 5.92 Å². The van der Waals surface area contributed by atoms with E-state index in [1.165, 1.54) is 5.56 Å². The van der Waals surface area contributed by atoms with Crippen LogP contribution in [0.1, 0.15) is 5.56 Å². The van der Waals surface area contributed by atoms with Crippen molar-refractivity contribution in [1.29, 1.82) is 0 Å². The van der Waals surface area contributed by atoms with Crippen LogP contribution in [-0.2, 0) is 6.54 Å². The van der Waals surface area contributed by atoms with Crippen LogP contribution < -0.4 is 9.47 Å². The second-order valence-corrected chi connectivity index (χ2v) is 4.68. The fourth-order valence-electron chi connectivity index (χ4n) is 2.42. The molecular weight excluding hydrogens is 218 g/mol. The van der Waals surface area contributed by atoms with Gasteiger partial charge in [0.05, 0.1) is 0 Å². The van der Waals surface area contributed by atoms with Crippen molar-refractivity contribution in [1.82, 2.24) is 4.90 Å². The van der Waals surface area contributed by atoms with Gasteiger partial charge in [-0.1, -0.05) is 12.1 Å². The van der Waals surface area contributed by atoms with Crippen LogP contribution in [0.4, 0.5) is 0 Å². The Morgan fingerprint density at radius 3 is 2.88 bits per heavy atom. The lowest BCUT2D eigenvalue weighted by molar-refractivity contribution is 0.0466. The van der Waals surface area contributed by atoms with E-state index in [0.717, 1.165) is 31.1 Å². The largest absolute Gasteiger partial charge is 0.486 e. The second kappa shape index (κ2) is 4.55. The smallest absolute Gasteiger partial charge is 0.165 e. The first-order chi connectivity index (χ1) is 8.36. The van der Waals surface area contributed by atoms with Crippen LogP contribution in [0, 0.1) is 5.92 Å². The Kier molecular flexibility index (Phi) is 2.91. The van der Waals surface area contributed by atoms with Crippen LogP contribution in [0.3, 0.4) is 0 Å².